The van der Waals surface area contributed by atoms with Crippen LogP contribution in [0.5, 0.6) is 0 Å². The van der Waals surface area contributed by atoms with Gasteiger partial charge in [-0.3, -0.25) is 0 Å². The van der Waals surface area contributed by atoms with Crippen LogP contribution in [0.25, 0.3) is 5.57 Å². The van der Waals surface area contributed by atoms with E-state index in [0.29, 0.717) is 5.92 Å². The molecule has 0 fully saturated rings. The van der Waals surface area contributed by atoms with E-state index in [1.807, 2.05) is 0 Å². The van der Waals surface area contributed by atoms with Crippen LogP contribution in [0.2, 0.25) is 0 Å². The third-order valence-corrected chi connectivity index (χ3v) is 5.71. The van der Waals surface area contributed by atoms with E-state index < -0.39 is 0 Å². The molecule has 0 spiro atoms. The van der Waals surface area contributed by atoms with Gasteiger partial charge in [0.2, 0.25) is 0 Å². The summed E-state index contributed by atoms with van der Waals surface area (Å²) in [5, 5.41) is 3.41. The smallest absolute Gasteiger partial charge is 0.0205 e. The molecule has 2 rings (SSSR count). The molecule has 0 saturated heterocycles. The topological polar surface area (TPSA) is 12.0 Å². The van der Waals surface area contributed by atoms with Crippen molar-refractivity contribution in [2.45, 2.75) is 52.5 Å². The Labute approximate surface area is 162 Å². The molecule has 0 bridgehead atoms. The van der Waals surface area contributed by atoms with Gasteiger partial charge in [-0.1, -0.05) is 69.8 Å². The van der Waals surface area contributed by atoms with Crippen molar-refractivity contribution in [2.24, 2.45) is 0 Å². The second kappa shape index (κ2) is 10.7. The lowest BCUT2D eigenvalue weighted by Crippen LogP contribution is -2.11. The Morgan fingerprint density at radius 1 is 1.08 bits per heavy atom. The summed E-state index contributed by atoms with van der Waals surface area (Å²) in [5.74, 6) is 0.586. The molecule has 2 aromatic rings. The zero-order valence-corrected chi connectivity index (χ0v) is 17.8. The van der Waals surface area contributed by atoms with Crippen molar-refractivity contribution in [3.63, 3.8) is 0 Å². The average molecular weight is 368 g/mol. The Morgan fingerprint density at radius 2 is 1.81 bits per heavy atom. The van der Waals surface area contributed by atoms with E-state index in [1.165, 1.54) is 39.8 Å². The van der Waals surface area contributed by atoms with Crippen LogP contribution in [0.3, 0.4) is 0 Å². The monoisotopic (exact) mass is 367 g/mol. The van der Waals surface area contributed by atoms with Gasteiger partial charge in [-0.25, -0.2) is 0 Å². The Hall–Kier alpha value is -1.43. The molecule has 2 aromatic carbocycles. The first kappa shape index (κ1) is 20.9. The lowest BCUT2D eigenvalue weighted by Gasteiger charge is -2.20. The van der Waals surface area contributed by atoms with Crippen molar-refractivity contribution in [1.82, 2.24) is 5.32 Å². The highest BCUT2D eigenvalue weighted by Crippen LogP contribution is 2.30. The minimum absolute atomic E-state index is 0.586. The fourth-order valence-corrected chi connectivity index (χ4v) is 3.66. The van der Waals surface area contributed by atoms with E-state index >= 15 is 0 Å². The van der Waals surface area contributed by atoms with E-state index in [1.54, 1.807) is 0 Å². The van der Waals surface area contributed by atoms with Gasteiger partial charge in [0.15, 0.2) is 0 Å². The van der Waals surface area contributed by atoms with E-state index in [-0.39, 0.29) is 0 Å². The summed E-state index contributed by atoms with van der Waals surface area (Å²) < 4.78 is 0. The first-order valence-corrected chi connectivity index (χ1v) is 10.7. The van der Waals surface area contributed by atoms with Crippen LogP contribution in [-0.4, -0.2) is 12.7 Å². The lowest BCUT2D eigenvalue weighted by atomic mass is 9.86. The zero-order chi connectivity index (χ0) is 18.9. The van der Waals surface area contributed by atoms with Gasteiger partial charge in [0.25, 0.3) is 0 Å². The SMILES string of the molecule is C=C(CP)c1cccc(C(C)CC)c1CCc1cccc(CNCC)c1. The molecule has 26 heavy (non-hydrogen) atoms. The third kappa shape index (κ3) is 5.53. The predicted molar refractivity (Wildman–Crippen MR) is 120 cm³/mol. The van der Waals surface area contributed by atoms with Gasteiger partial charge in [-0.05, 0) is 71.3 Å². The highest BCUT2D eigenvalue weighted by molar-refractivity contribution is 7.17. The number of benzene rings is 2. The summed E-state index contributed by atoms with van der Waals surface area (Å²) in [4.78, 5) is 0. The molecule has 2 atom stereocenters. The van der Waals surface area contributed by atoms with Crippen LogP contribution in [-0.2, 0) is 19.4 Å². The predicted octanol–water partition coefficient (Wildman–Crippen LogP) is 5.98. The van der Waals surface area contributed by atoms with E-state index in [2.05, 4.69) is 84.4 Å². The van der Waals surface area contributed by atoms with Gasteiger partial charge >= 0.3 is 0 Å². The standard InChI is InChI=1S/C24H34NP/c1-5-18(3)22-11-8-12-23(19(4)17-26)24(22)14-13-20-9-7-10-21(15-20)16-25-6-2/h7-12,15,18,25H,4-6,13-14,16-17,26H2,1-3H3. The summed E-state index contributed by atoms with van der Waals surface area (Å²) >= 11 is 0. The molecule has 0 radical (unpaired) electrons. The summed E-state index contributed by atoms with van der Waals surface area (Å²) in [6.45, 7) is 13.0. The number of aryl methyl sites for hydroxylation is 1. The Balaban J connectivity index is 2.26. The molecule has 0 aliphatic carbocycles. The van der Waals surface area contributed by atoms with Crippen molar-refractivity contribution in [3.05, 3.63) is 76.9 Å². The summed E-state index contributed by atoms with van der Waals surface area (Å²) in [6.07, 6.45) is 4.24. The largest absolute Gasteiger partial charge is 0.313 e. The number of allylic oxidation sites excluding steroid dienone is 1. The first-order chi connectivity index (χ1) is 12.6. The van der Waals surface area contributed by atoms with Crippen molar-refractivity contribution < 1.29 is 0 Å². The van der Waals surface area contributed by atoms with Crippen molar-refractivity contribution in [1.29, 1.82) is 0 Å². The molecule has 140 valence electrons. The second-order valence-corrected chi connectivity index (χ2v) is 7.50. The van der Waals surface area contributed by atoms with Crippen LogP contribution < -0.4 is 5.32 Å². The van der Waals surface area contributed by atoms with Crippen molar-refractivity contribution >= 4 is 14.8 Å². The molecule has 0 heterocycles. The Morgan fingerprint density at radius 3 is 2.50 bits per heavy atom. The number of rotatable bonds is 10. The van der Waals surface area contributed by atoms with Crippen LogP contribution >= 0.6 is 9.24 Å². The number of hydrogen-bond donors (Lipinski definition) is 1. The maximum atomic E-state index is 4.30. The molecule has 1 N–H and O–H groups in total. The van der Waals surface area contributed by atoms with Gasteiger partial charge in [-0.2, -0.15) is 0 Å². The van der Waals surface area contributed by atoms with Crippen molar-refractivity contribution in [2.75, 3.05) is 12.7 Å². The normalized spacial score (nSPS) is 12.2. The summed E-state index contributed by atoms with van der Waals surface area (Å²) in [6, 6.07) is 15.7. The van der Waals surface area contributed by atoms with E-state index in [0.717, 1.165) is 32.1 Å². The third-order valence-electron chi connectivity index (χ3n) is 5.22. The minimum Gasteiger partial charge on any atom is -0.313 e. The Bertz CT molecular complexity index is 720. The summed E-state index contributed by atoms with van der Waals surface area (Å²) in [7, 11) is 2.82. The van der Waals surface area contributed by atoms with Crippen LogP contribution in [0, 0.1) is 0 Å². The summed E-state index contributed by atoms with van der Waals surface area (Å²) in [5.41, 5.74) is 8.34. The van der Waals surface area contributed by atoms with Gasteiger partial charge in [0.05, 0.1) is 0 Å². The highest BCUT2D eigenvalue weighted by Gasteiger charge is 2.14. The molecule has 0 saturated carbocycles. The van der Waals surface area contributed by atoms with E-state index in [4.69, 9.17) is 0 Å². The van der Waals surface area contributed by atoms with Gasteiger partial charge in [0.1, 0.15) is 0 Å². The fourth-order valence-electron chi connectivity index (χ4n) is 3.44. The van der Waals surface area contributed by atoms with E-state index in [9.17, 15) is 0 Å². The maximum Gasteiger partial charge on any atom is 0.0205 e. The average Bonchev–Trinajstić information content (AvgIpc) is 2.69. The van der Waals surface area contributed by atoms with Crippen LogP contribution in [0.1, 0.15) is 60.9 Å². The first-order valence-electron chi connectivity index (χ1n) is 9.89. The molecule has 2 heteroatoms. The minimum atomic E-state index is 0.586. The molecular weight excluding hydrogens is 333 g/mol. The van der Waals surface area contributed by atoms with Crippen molar-refractivity contribution in [3.8, 4) is 0 Å². The molecule has 0 aromatic heterocycles. The molecule has 2 unspecified atom stereocenters. The molecule has 0 aliphatic heterocycles. The maximum absolute atomic E-state index is 4.30. The Kier molecular flexibility index (Phi) is 8.55. The lowest BCUT2D eigenvalue weighted by molar-refractivity contribution is 0.717. The molecular formula is C24H34NP. The number of hydrogen-bond acceptors (Lipinski definition) is 1. The number of nitrogens with one attached hydrogen (secondary N) is 1. The molecule has 0 aliphatic rings. The quantitative estimate of drug-likeness (QED) is 0.509. The fraction of sp³-hybridized carbons (Fsp3) is 0.417. The zero-order valence-electron chi connectivity index (χ0n) is 16.6. The van der Waals surface area contributed by atoms with Gasteiger partial charge in [0, 0.05) is 6.54 Å². The van der Waals surface area contributed by atoms with Crippen LogP contribution in [0.4, 0.5) is 0 Å². The molecule has 0 amide bonds. The highest BCUT2D eigenvalue weighted by atomic mass is 31.0. The van der Waals surface area contributed by atoms with Gasteiger partial charge < -0.3 is 5.32 Å². The van der Waals surface area contributed by atoms with Crippen LogP contribution in [0.15, 0.2) is 49.0 Å². The molecule has 1 nitrogen and oxygen atoms in total. The second-order valence-electron chi connectivity index (χ2n) is 7.09. The van der Waals surface area contributed by atoms with Gasteiger partial charge in [-0.15, -0.1) is 9.24 Å².